The maximum atomic E-state index is 9.85. The van der Waals surface area contributed by atoms with Crippen LogP contribution in [0.3, 0.4) is 0 Å². The molecule has 0 spiro atoms. The molecule has 1 aromatic heterocycles. The molecule has 1 aliphatic carbocycles. The van der Waals surface area contributed by atoms with E-state index >= 15 is 0 Å². The molecule has 0 bridgehead atoms. The maximum absolute atomic E-state index is 9.85. The average molecular weight is 446 g/mol. The fourth-order valence-corrected chi connectivity index (χ4v) is 5.28. The summed E-state index contributed by atoms with van der Waals surface area (Å²) in [6, 6.07) is 11.6. The molecule has 3 rings (SSSR count). The first-order chi connectivity index (χ1) is 16.2. The Bertz CT molecular complexity index is 840. The average Bonchev–Trinajstić information content (AvgIpc) is 2.87. The Morgan fingerprint density at radius 2 is 1.45 bits per heavy atom. The van der Waals surface area contributed by atoms with E-state index in [4.69, 9.17) is 0 Å². The first-order valence-corrected chi connectivity index (χ1v) is 13.5. The van der Waals surface area contributed by atoms with Gasteiger partial charge in [-0.25, -0.2) is 9.97 Å². The predicted octanol–water partition coefficient (Wildman–Crippen LogP) is 8.79. The Morgan fingerprint density at radius 1 is 0.848 bits per heavy atom. The Balaban J connectivity index is 1.50. The van der Waals surface area contributed by atoms with E-state index in [9.17, 15) is 5.26 Å². The van der Waals surface area contributed by atoms with Gasteiger partial charge in [0.05, 0.1) is 11.5 Å². The topological polar surface area (TPSA) is 49.6 Å². The van der Waals surface area contributed by atoms with Crippen molar-refractivity contribution in [2.24, 2.45) is 5.41 Å². The zero-order valence-corrected chi connectivity index (χ0v) is 21.0. The van der Waals surface area contributed by atoms with Crippen LogP contribution in [-0.2, 0) is 6.42 Å². The van der Waals surface area contributed by atoms with Crippen molar-refractivity contribution in [2.45, 2.75) is 116 Å². The lowest BCUT2D eigenvalue weighted by Gasteiger charge is -2.35. The van der Waals surface area contributed by atoms with Gasteiger partial charge in [0.25, 0.3) is 0 Å². The van der Waals surface area contributed by atoms with Crippen molar-refractivity contribution < 1.29 is 0 Å². The Kier molecular flexibility index (Phi) is 10.4. The van der Waals surface area contributed by atoms with Crippen molar-refractivity contribution in [1.82, 2.24) is 9.97 Å². The number of unbranched alkanes of at least 4 members (excludes halogenated alkanes) is 7. The highest BCUT2D eigenvalue weighted by Crippen LogP contribution is 2.45. The quantitative estimate of drug-likeness (QED) is 0.289. The van der Waals surface area contributed by atoms with Gasteiger partial charge in [0.1, 0.15) is 0 Å². The van der Waals surface area contributed by atoms with Crippen molar-refractivity contribution in [3.05, 3.63) is 47.8 Å². The van der Waals surface area contributed by atoms with E-state index in [1.54, 1.807) is 0 Å². The molecule has 1 saturated carbocycles. The summed E-state index contributed by atoms with van der Waals surface area (Å²) in [5.41, 5.74) is 3.66. The van der Waals surface area contributed by atoms with Crippen molar-refractivity contribution in [2.75, 3.05) is 0 Å². The van der Waals surface area contributed by atoms with Gasteiger partial charge < -0.3 is 0 Å². The lowest BCUT2D eigenvalue weighted by atomic mass is 9.67. The van der Waals surface area contributed by atoms with Crippen molar-refractivity contribution in [3.8, 4) is 17.5 Å². The van der Waals surface area contributed by atoms with Gasteiger partial charge in [-0.3, -0.25) is 0 Å². The smallest absolute Gasteiger partial charge is 0.159 e. The van der Waals surface area contributed by atoms with E-state index in [1.165, 1.54) is 68.9 Å². The normalized spacial score (nSPS) is 20.5. The highest BCUT2D eigenvalue weighted by atomic mass is 14.9. The van der Waals surface area contributed by atoms with Crippen LogP contribution in [0.5, 0.6) is 0 Å². The van der Waals surface area contributed by atoms with Gasteiger partial charge in [-0.15, -0.1) is 0 Å². The first kappa shape index (κ1) is 25.4. The number of benzene rings is 1. The molecular formula is C30H43N3. The first-order valence-electron chi connectivity index (χ1n) is 13.5. The standard InChI is InChI=1S/C30H43N3/c1-3-5-7-9-10-12-25-22-32-29(33-23-25)28-15-13-26(14-16-28)27-17-20-30(24-31,21-18-27)19-11-8-6-4-2/h13-16,22-23,27H,3-12,17-21H2,1-2H3. The molecule has 178 valence electrons. The number of nitriles is 1. The third-order valence-corrected chi connectivity index (χ3v) is 7.60. The Hall–Kier alpha value is -2.21. The van der Waals surface area contributed by atoms with E-state index in [1.807, 2.05) is 12.4 Å². The summed E-state index contributed by atoms with van der Waals surface area (Å²) in [7, 11) is 0. The second-order valence-electron chi connectivity index (χ2n) is 10.2. The van der Waals surface area contributed by atoms with Crippen LogP contribution in [-0.4, -0.2) is 9.97 Å². The molecule has 0 unspecified atom stereocenters. The molecule has 1 aromatic carbocycles. The monoisotopic (exact) mass is 445 g/mol. The zero-order valence-electron chi connectivity index (χ0n) is 21.0. The molecule has 0 saturated heterocycles. The highest BCUT2D eigenvalue weighted by molar-refractivity contribution is 5.55. The lowest BCUT2D eigenvalue weighted by Crippen LogP contribution is -2.25. The van der Waals surface area contributed by atoms with Crippen LogP contribution in [0.1, 0.15) is 121 Å². The minimum Gasteiger partial charge on any atom is -0.236 e. The minimum absolute atomic E-state index is 0.0736. The van der Waals surface area contributed by atoms with Crippen LogP contribution in [0.2, 0.25) is 0 Å². The number of nitrogens with zero attached hydrogens (tertiary/aromatic N) is 3. The lowest BCUT2D eigenvalue weighted by molar-refractivity contribution is 0.223. The van der Waals surface area contributed by atoms with Crippen LogP contribution < -0.4 is 0 Å². The van der Waals surface area contributed by atoms with Crippen molar-refractivity contribution in [3.63, 3.8) is 0 Å². The van der Waals surface area contributed by atoms with E-state index in [2.05, 4.69) is 54.2 Å². The number of aromatic nitrogens is 2. The van der Waals surface area contributed by atoms with Crippen LogP contribution >= 0.6 is 0 Å². The number of hydrogen-bond acceptors (Lipinski definition) is 3. The van der Waals surface area contributed by atoms with Gasteiger partial charge >= 0.3 is 0 Å². The summed E-state index contributed by atoms with van der Waals surface area (Å²) in [6.45, 7) is 4.50. The summed E-state index contributed by atoms with van der Waals surface area (Å²) in [5, 5.41) is 9.85. The number of hydrogen-bond donors (Lipinski definition) is 0. The summed E-state index contributed by atoms with van der Waals surface area (Å²) in [4.78, 5) is 9.26. The van der Waals surface area contributed by atoms with Crippen LogP contribution in [0, 0.1) is 16.7 Å². The molecule has 3 heteroatoms. The molecule has 0 N–H and O–H groups in total. The van der Waals surface area contributed by atoms with Crippen LogP contribution in [0.4, 0.5) is 0 Å². The minimum atomic E-state index is -0.0736. The molecule has 33 heavy (non-hydrogen) atoms. The summed E-state index contributed by atoms with van der Waals surface area (Å²) >= 11 is 0. The molecule has 0 atom stereocenters. The number of rotatable bonds is 13. The van der Waals surface area contributed by atoms with Gasteiger partial charge in [-0.05, 0) is 62.0 Å². The van der Waals surface area contributed by atoms with E-state index < -0.39 is 0 Å². The van der Waals surface area contributed by atoms with Gasteiger partial charge in [0.15, 0.2) is 5.82 Å². The van der Waals surface area contributed by atoms with Crippen molar-refractivity contribution in [1.29, 1.82) is 5.26 Å². The number of aryl methyl sites for hydroxylation is 1. The second-order valence-corrected chi connectivity index (χ2v) is 10.2. The molecule has 0 aliphatic heterocycles. The highest BCUT2D eigenvalue weighted by Gasteiger charge is 2.35. The predicted molar refractivity (Wildman–Crippen MR) is 138 cm³/mol. The zero-order chi connectivity index (χ0) is 23.4. The molecule has 0 radical (unpaired) electrons. The maximum Gasteiger partial charge on any atom is 0.159 e. The van der Waals surface area contributed by atoms with Gasteiger partial charge in [0, 0.05) is 18.0 Å². The third kappa shape index (κ3) is 7.66. The fourth-order valence-electron chi connectivity index (χ4n) is 5.28. The Labute approximate surface area is 202 Å². The van der Waals surface area contributed by atoms with Crippen molar-refractivity contribution >= 4 is 0 Å². The largest absolute Gasteiger partial charge is 0.236 e. The fraction of sp³-hybridized carbons (Fsp3) is 0.633. The van der Waals surface area contributed by atoms with Crippen LogP contribution in [0.15, 0.2) is 36.7 Å². The molecule has 0 amide bonds. The van der Waals surface area contributed by atoms with E-state index in [-0.39, 0.29) is 5.41 Å². The molecule has 3 nitrogen and oxygen atoms in total. The summed E-state index contributed by atoms with van der Waals surface area (Å²) in [5.74, 6) is 1.39. The molecule has 1 fully saturated rings. The Morgan fingerprint density at radius 3 is 2.06 bits per heavy atom. The van der Waals surface area contributed by atoms with Gasteiger partial charge in [0.2, 0.25) is 0 Å². The summed E-state index contributed by atoms with van der Waals surface area (Å²) in [6.07, 6.45) is 22.0. The summed E-state index contributed by atoms with van der Waals surface area (Å²) < 4.78 is 0. The van der Waals surface area contributed by atoms with E-state index in [0.29, 0.717) is 5.92 Å². The third-order valence-electron chi connectivity index (χ3n) is 7.60. The SMILES string of the molecule is CCCCCCCc1cnc(-c2ccc(C3CCC(C#N)(CCCCCC)CC3)cc2)nc1. The van der Waals surface area contributed by atoms with Crippen LogP contribution in [0.25, 0.3) is 11.4 Å². The molecule has 1 aliphatic rings. The van der Waals surface area contributed by atoms with Gasteiger partial charge in [-0.2, -0.15) is 5.26 Å². The van der Waals surface area contributed by atoms with E-state index in [0.717, 1.165) is 49.9 Å². The van der Waals surface area contributed by atoms with Gasteiger partial charge in [-0.1, -0.05) is 89.5 Å². The molecule has 2 aromatic rings. The molecular weight excluding hydrogens is 402 g/mol. The molecule has 1 heterocycles. The second kappa shape index (κ2) is 13.5.